The van der Waals surface area contributed by atoms with Crippen molar-refractivity contribution >= 4 is 49.7 Å². The van der Waals surface area contributed by atoms with Gasteiger partial charge in [0.15, 0.2) is 5.13 Å². The minimum absolute atomic E-state index is 0.0380. The van der Waals surface area contributed by atoms with E-state index in [1.165, 1.54) is 35.2 Å². The Labute approximate surface area is 196 Å². The number of aromatic nitrogens is 1. The van der Waals surface area contributed by atoms with Crippen LogP contribution >= 0.6 is 22.9 Å². The predicted octanol–water partition coefficient (Wildman–Crippen LogP) is 4.45. The molecule has 0 bridgehead atoms. The third kappa shape index (κ3) is 5.86. The van der Waals surface area contributed by atoms with Crippen molar-refractivity contribution in [2.75, 3.05) is 23.1 Å². The fraction of sp³-hybridized carbons (Fsp3) is 0.273. The molecule has 4 rings (SSSR count). The van der Waals surface area contributed by atoms with Crippen LogP contribution in [0.4, 0.5) is 10.8 Å². The molecule has 0 unspecified atom stereocenters. The highest BCUT2D eigenvalue weighted by atomic mass is 35.5. The first kappa shape index (κ1) is 22.7. The number of nitrogens with zero attached hydrogens (tertiary/aromatic N) is 2. The number of sulfonamides is 1. The summed E-state index contributed by atoms with van der Waals surface area (Å²) in [5.41, 5.74) is 1.74. The van der Waals surface area contributed by atoms with E-state index in [0.29, 0.717) is 10.8 Å². The molecular formula is C22H23ClN4O3S2. The minimum atomic E-state index is -3.71. The molecule has 0 spiro atoms. The molecule has 0 saturated carbocycles. The van der Waals surface area contributed by atoms with Crippen LogP contribution in [0.5, 0.6) is 0 Å². The molecule has 32 heavy (non-hydrogen) atoms. The lowest BCUT2D eigenvalue weighted by atomic mass is 9.95. The molecule has 3 aromatic rings. The number of hydrogen-bond acceptors (Lipinski definition) is 6. The van der Waals surface area contributed by atoms with E-state index in [0.717, 1.165) is 37.5 Å². The molecule has 0 atom stereocenters. The van der Waals surface area contributed by atoms with Crippen LogP contribution in [0.3, 0.4) is 0 Å². The lowest BCUT2D eigenvalue weighted by Gasteiger charge is -2.31. The Morgan fingerprint density at radius 2 is 1.91 bits per heavy atom. The summed E-state index contributed by atoms with van der Waals surface area (Å²) >= 11 is 7.26. The monoisotopic (exact) mass is 490 g/mol. The standard InChI is InChI=1S/C22H23ClN4O3S2/c23-18-3-1-2-16(14-18)15-27-11-8-17(9-12-27)21(28)25-19-4-6-20(7-5-19)32(29,30)26-22-24-10-13-31-22/h1-7,10,13-14,17H,8-9,11-12,15H2,(H,24,26)(H,25,28). The van der Waals surface area contributed by atoms with Crippen molar-refractivity contribution in [3.05, 3.63) is 70.7 Å². The molecule has 1 amide bonds. The van der Waals surface area contributed by atoms with E-state index in [-0.39, 0.29) is 16.7 Å². The summed E-state index contributed by atoms with van der Waals surface area (Å²) in [5.74, 6) is -0.107. The van der Waals surface area contributed by atoms with Crippen LogP contribution in [-0.2, 0) is 21.4 Å². The molecule has 1 aliphatic rings. The Morgan fingerprint density at radius 3 is 2.56 bits per heavy atom. The van der Waals surface area contributed by atoms with E-state index in [4.69, 9.17) is 11.6 Å². The maximum absolute atomic E-state index is 12.7. The number of hydrogen-bond donors (Lipinski definition) is 2. The Bertz CT molecular complexity index is 1160. The maximum Gasteiger partial charge on any atom is 0.263 e. The van der Waals surface area contributed by atoms with Gasteiger partial charge in [0.05, 0.1) is 4.90 Å². The van der Waals surface area contributed by atoms with Crippen molar-refractivity contribution in [3.8, 4) is 0 Å². The lowest BCUT2D eigenvalue weighted by Crippen LogP contribution is -2.37. The van der Waals surface area contributed by atoms with Crippen molar-refractivity contribution < 1.29 is 13.2 Å². The van der Waals surface area contributed by atoms with Crippen LogP contribution in [-0.4, -0.2) is 37.3 Å². The van der Waals surface area contributed by atoms with Gasteiger partial charge in [0.1, 0.15) is 0 Å². The molecule has 0 aliphatic carbocycles. The Kier molecular flexibility index (Phi) is 7.10. The zero-order valence-electron chi connectivity index (χ0n) is 17.2. The number of halogens is 1. The number of rotatable bonds is 7. The average Bonchev–Trinajstić information content (AvgIpc) is 3.27. The van der Waals surface area contributed by atoms with Crippen LogP contribution < -0.4 is 10.0 Å². The first-order valence-electron chi connectivity index (χ1n) is 10.2. The predicted molar refractivity (Wildman–Crippen MR) is 127 cm³/mol. The lowest BCUT2D eigenvalue weighted by molar-refractivity contribution is -0.121. The molecule has 0 radical (unpaired) electrons. The molecule has 2 heterocycles. The Morgan fingerprint density at radius 1 is 1.16 bits per heavy atom. The minimum Gasteiger partial charge on any atom is -0.326 e. The van der Waals surface area contributed by atoms with E-state index in [9.17, 15) is 13.2 Å². The van der Waals surface area contributed by atoms with Crippen molar-refractivity contribution in [1.82, 2.24) is 9.88 Å². The topological polar surface area (TPSA) is 91.4 Å². The molecule has 7 nitrogen and oxygen atoms in total. The van der Waals surface area contributed by atoms with Gasteiger partial charge in [-0.15, -0.1) is 11.3 Å². The second kappa shape index (κ2) is 9.99. The second-order valence-electron chi connectivity index (χ2n) is 7.64. The summed E-state index contributed by atoms with van der Waals surface area (Å²) in [7, 11) is -3.71. The highest BCUT2D eigenvalue weighted by molar-refractivity contribution is 7.93. The number of carbonyl (C=O) groups excluding carboxylic acids is 1. The first-order valence-corrected chi connectivity index (χ1v) is 12.9. The zero-order valence-corrected chi connectivity index (χ0v) is 19.6. The van der Waals surface area contributed by atoms with Crippen LogP contribution in [0.15, 0.2) is 65.0 Å². The fourth-order valence-corrected chi connectivity index (χ4v) is 5.66. The fourth-order valence-electron chi connectivity index (χ4n) is 3.66. The van der Waals surface area contributed by atoms with Gasteiger partial charge >= 0.3 is 0 Å². The molecule has 1 aromatic heterocycles. The third-order valence-corrected chi connectivity index (χ3v) is 7.75. The molecular weight excluding hydrogens is 468 g/mol. The van der Waals surface area contributed by atoms with Crippen LogP contribution in [0, 0.1) is 5.92 Å². The van der Waals surface area contributed by atoms with Crippen LogP contribution in [0.2, 0.25) is 5.02 Å². The normalized spacial score (nSPS) is 15.4. The van der Waals surface area contributed by atoms with Gasteiger partial charge < -0.3 is 5.32 Å². The summed E-state index contributed by atoms with van der Waals surface area (Å²) in [4.78, 5) is 19.1. The molecule has 1 fully saturated rings. The Hall–Kier alpha value is -2.46. The summed E-state index contributed by atoms with van der Waals surface area (Å²) in [6, 6.07) is 14.0. The van der Waals surface area contributed by atoms with E-state index in [2.05, 4.69) is 26.0 Å². The maximum atomic E-state index is 12.7. The van der Waals surface area contributed by atoms with E-state index < -0.39 is 10.0 Å². The van der Waals surface area contributed by atoms with Crippen molar-refractivity contribution in [1.29, 1.82) is 0 Å². The number of piperidine rings is 1. The van der Waals surface area contributed by atoms with Crippen molar-refractivity contribution in [2.24, 2.45) is 5.92 Å². The number of benzene rings is 2. The quantitative estimate of drug-likeness (QED) is 0.510. The van der Waals surface area contributed by atoms with Gasteiger partial charge in [-0.05, 0) is 67.9 Å². The van der Waals surface area contributed by atoms with Crippen molar-refractivity contribution in [3.63, 3.8) is 0 Å². The molecule has 168 valence electrons. The number of carbonyl (C=O) groups is 1. The first-order chi connectivity index (χ1) is 15.4. The van der Waals surface area contributed by atoms with Gasteiger partial charge in [0, 0.05) is 34.7 Å². The molecule has 10 heteroatoms. The van der Waals surface area contributed by atoms with Gasteiger partial charge in [0.25, 0.3) is 10.0 Å². The highest BCUT2D eigenvalue weighted by Crippen LogP contribution is 2.23. The van der Waals surface area contributed by atoms with Crippen molar-refractivity contribution in [2.45, 2.75) is 24.3 Å². The van der Waals surface area contributed by atoms with Gasteiger partial charge in [-0.25, -0.2) is 13.4 Å². The number of thiazole rings is 1. The number of nitrogens with one attached hydrogen (secondary N) is 2. The second-order valence-corrected chi connectivity index (χ2v) is 10.7. The molecule has 1 saturated heterocycles. The highest BCUT2D eigenvalue weighted by Gasteiger charge is 2.25. The van der Waals surface area contributed by atoms with Gasteiger partial charge in [-0.1, -0.05) is 23.7 Å². The summed E-state index contributed by atoms with van der Waals surface area (Å²) in [6.07, 6.45) is 3.08. The smallest absolute Gasteiger partial charge is 0.263 e. The van der Waals surface area contributed by atoms with Gasteiger partial charge in [0.2, 0.25) is 5.91 Å². The third-order valence-electron chi connectivity index (χ3n) is 5.34. The van der Waals surface area contributed by atoms with E-state index >= 15 is 0 Å². The summed E-state index contributed by atoms with van der Waals surface area (Å²) in [5, 5.41) is 5.64. The largest absolute Gasteiger partial charge is 0.326 e. The van der Waals surface area contributed by atoms with Crippen LogP contribution in [0.1, 0.15) is 18.4 Å². The summed E-state index contributed by atoms with van der Waals surface area (Å²) < 4.78 is 27.3. The van der Waals surface area contributed by atoms with E-state index in [1.54, 1.807) is 17.5 Å². The van der Waals surface area contributed by atoms with Gasteiger partial charge in [-0.3, -0.25) is 14.4 Å². The summed E-state index contributed by atoms with van der Waals surface area (Å²) in [6.45, 7) is 2.49. The molecule has 1 aliphatic heterocycles. The molecule has 2 N–H and O–H groups in total. The van der Waals surface area contributed by atoms with E-state index in [1.807, 2.05) is 18.2 Å². The number of anilines is 2. The Balaban J connectivity index is 1.29. The number of amides is 1. The average molecular weight is 491 g/mol. The van der Waals surface area contributed by atoms with Gasteiger partial charge in [-0.2, -0.15) is 0 Å². The SMILES string of the molecule is O=C(Nc1ccc(S(=O)(=O)Nc2nccs2)cc1)C1CCN(Cc2cccc(Cl)c2)CC1. The molecule has 2 aromatic carbocycles. The number of likely N-dealkylation sites (tertiary alicyclic amines) is 1. The van der Waals surface area contributed by atoms with Crippen LogP contribution in [0.25, 0.3) is 0 Å². The zero-order chi connectivity index (χ0) is 22.6.